The maximum atomic E-state index is 12.1. The number of nitrogens with one attached hydrogen (secondary N) is 1. The molecule has 0 saturated carbocycles. The highest BCUT2D eigenvalue weighted by Gasteiger charge is 2.06. The number of nitrogens with zero attached hydrogens (tertiary/aromatic N) is 2. The predicted octanol–water partition coefficient (Wildman–Crippen LogP) is 4.47. The van der Waals surface area contributed by atoms with Gasteiger partial charge in [0.05, 0.1) is 6.21 Å². The average molecular weight is 383 g/mol. The maximum Gasteiger partial charge on any atom is 0.277 e. The molecular weight excluding hydrogens is 362 g/mol. The molecule has 144 valence electrons. The Hall–Kier alpha value is -3.86. The van der Waals surface area contributed by atoms with Gasteiger partial charge in [0, 0.05) is 28.5 Å². The van der Waals surface area contributed by atoms with Gasteiger partial charge in [-0.2, -0.15) is 5.10 Å². The Morgan fingerprint density at radius 1 is 1.03 bits per heavy atom. The molecule has 0 saturated heterocycles. The Morgan fingerprint density at radius 2 is 1.79 bits per heavy atom. The van der Waals surface area contributed by atoms with Crippen LogP contribution < -0.4 is 10.2 Å². The van der Waals surface area contributed by atoms with Crippen LogP contribution in [0.2, 0.25) is 0 Å². The second-order valence-corrected chi connectivity index (χ2v) is 6.68. The first kappa shape index (κ1) is 18.5. The van der Waals surface area contributed by atoms with Crippen molar-refractivity contribution in [3.05, 3.63) is 96.3 Å². The first-order chi connectivity index (χ1) is 14.2. The molecule has 3 aromatic carbocycles. The van der Waals surface area contributed by atoms with Gasteiger partial charge in [-0.3, -0.25) is 4.79 Å². The number of carbonyl (C=O) groups excluding carboxylic acids is 1. The predicted molar refractivity (Wildman–Crippen MR) is 116 cm³/mol. The van der Waals surface area contributed by atoms with Crippen molar-refractivity contribution in [1.29, 1.82) is 0 Å². The molecule has 0 aliphatic heterocycles. The van der Waals surface area contributed by atoms with Gasteiger partial charge in [0.2, 0.25) is 0 Å². The van der Waals surface area contributed by atoms with Crippen LogP contribution in [0.1, 0.15) is 11.3 Å². The number of rotatable bonds is 6. The van der Waals surface area contributed by atoms with E-state index in [1.54, 1.807) is 6.21 Å². The number of para-hydroxylation sites is 1. The fraction of sp³-hybridized carbons (Fsp3) is 0.0833. The van der Waals surface area contributed by atoms with Crippen LogP contribution in [0.4, 0.5) is 0 Å². The van der Waals surface area contributed by atoms with Crippen LogP contribution in [0.5, 0.6) is 5.75 Å². The average Bonchev–Trinajstić information content (AvgIpc) is 3.13. The minimum Gasteiger partial charge on any atom is -0.483 e. The number of benzene rings is 3. The minimum absolute atomic E-state index is 0.102. The van der Waals surface area contributed by atoms with Crippen LogP contribution in [-0.4, -0.2) is 23.3 Å². The summed E-state index contributed by atoms with van der Waals surface area (Å²) in [6.07, 6.45) is 3.61. The van der Waals surface area contributed by atoms with Crippen molar-refractivity contribution in [2.45, 2.75) is 6.92 Å². The Morgan fingerprint density at radius 3 is 2.66 bits per heavy atom. The van der Waals surface area contributed by atoms with Gasteiger partial charge < -0.3 is 9.30 Å². The summed E-state index contributed by atoms with van der Waals surface area (Å²) in [4.78, 5) is 12.1. The largest absolute Gasteiger partial charge is 0.483 e. The van der Waals surface area contributed by atoms with Crippen molar-refractivity contribution in [3.8, 4) is 11.4 Å². The maximum absolute atomic E-state index is 12.1. The van der Waals surface area contributed by atoms with E-state index in [0.29, 0.717) is 5.75 Å². The third-order valence-corrected chi connectivity index (χ3v) is 4.58. The lowest BCUT2D eigenvalue weighted by molar-refractivity contribution is -0.123. The molecule has 4 aromatic rings. The van der Waals surface area contributed by atoms with Crippen LogP contribution in [0.15, 0.2) is 90.2 Å². The van der Waals surface area contributed by atoms with Crippen LogP contribution in [0, 0.1) is 6.92 Å². The molecule has 0 aliphatic carbocycles. The molecule has 0 aliphatic rings. The van der Waals surface area contributed by atoms with E-state index in [1.165, 1.54) is 0 Å². The Kier molecular flexibility index (Phi) is 5.38. The van der Waals surface area contributed by atoms with E-state index < -0.39 is 0 Å². The van der Waals surface area contributed by atoms with Gasteiger partial charge in [0.25, 0.3) is 5.91 Å². The van der Waals surface area contributed by atoms with E-state index in [9.17, 15) is 4.79 Å². The first-order valence-electron chi connectivity index (χ1n) is 9.37. The quantitative estimate of drug-likeness (QED) is 0.395. The van der Waals surface area contributed by atoms with E-state index >= 15 is 0 Å². The van der Waals surface area contributed by atoms with Gasteiger partial charge in [0.15, 0.2) is 6.61 Å². The summed E-state index contributed by atoms with van der Waals surface area (Å²) >= 11 is 0. The number of aryl methyl sites for hydroxylation is 1. The molecule has 0 atom stereocenters. The summed E-state index contributed by atoms with van der Waals surface area (Å²) in [6, 6.07) is 25.8. The van der Waals surface area contributed by atoms with E-state index in [-0.39, 0.29) is 12.5 Å². The molecule has 5 nitrogen and oxygen atoms in total. The van der Waals surface area contributed by atoms with Crippen molar-refractivity contribution >= 4 is 22.9 Å². The fourth-order valence-electron chi connectivity index (χ4n) is 3.21. The van der Waals surface area contributed by atoms with Gasteiger partial charge >= 0.3 is 0 Å². The highest BCUT2D eigenvalue weighted by Crippen LogP contribution is 2.24. The molecule has 0 unspecified atom stereocenters. The first-order valence-corrected chi connectivity index (χ1v) is 9.37. The summed E-state index contributed by atoms with van der Waals surface area (Å²) in [5, 5.41) is 6.09. The summed E-state index contributed by atoms with van der Waals surface area (Å²) in [7, 11) is 0. The van der Waals surface area contributed by atoms with Crippen LogP contribution in [-0.2, 0) is 4.79 Å². The third kappa shape index (κ3) is 4.35. The second-order valence-electron chi connectivity index (χ2n) is 6.68. The number of ether oxygens (including phenoxy) is 1. The molecule has 1 heterocycles. The van der Waals surface area contributed by atoms with E-state index in [1.807, 2.05) is 92.0 Å². The van der Waals surface area contributed by atoms with Crippen molar-refractivity contribution < 1.29 is 9.53 Å². The van der Waals surface area contributed by atoms with Gasteiger partial charge in [-0.1, -0.05) is 54.6 Å². The lowest BCUT2D eigenvalue weighted by Crippen LogP contribution is -2.24. The molecule has 5 heteroatoms. The molecule has 0 bridgehead atoms. The third-order valence-electron chi connectivity index (χ3n) is 4.58. The molecule has 29 heavy (non-hydrogen) atoms. The van der Waals surface area contributed by atoms with Crippen molar-refractivity contribution in [2.24, 2.45) is 5.10 Å². The number of hydrogen-bond acceptors (Lipinski definition) is 3. The van der Waals surface area contributed by atoms with Crippen molar-refractivity contribution in [1.82, 2.24) is 9.99 Å². The van der Waals surface area contributed by atoms with Crippen molar-refractivity contribution in [3.63, 3.8) is 0 Å². The number of carbonyl (C=O) groups is 1. The lowest BCUT2D eigenvalue weighted by atomic mass is 10.1. The van der Waals surface area contributed by atoms with Gasteiger partial charge in [-0.25, -0.2) is 5.43 Å². The molecule has 0 spiro atoms. The molecule has 0 radical (unpaired) electrons. The Balaban J connectivity index is 1.36. The molecule has 4 rings (SSSR count). The summed E-state index contributed by atoms with van der Waals surface area (Å²) < 4.78 is 7.75. The molecule has 1 amide bonds. The zero-order valence-corrected chi connectivity index (χ0v) is 16.1. The zero-order chi connectivity index (χ0) is 20.1. The highest BCUT2D eigenvalue weighted by molar-refractivity contribution is 5.89. The van der Waals surface area contributed by atoms with Crippen LogP contribution in [0.3, 0.4) is 0 Å². The number of hydrogen-bond donors (Lipinski definition) is 1. The smallest absolute Gasteiger partial charge is 0.277 e. The summed E-state index contributed by atoms with van der Waals surface area (Å²) in [6.45, 7) is 1.93. The van der Waals surface area contributed by atoms with E-state index in [0.717, 1.165) is 27.7 Å². The monoisotopic (exact) mass is 383 g/mol. The number of aromatic nitrogens is 1. The summed E-state index contributed by atoms with van der Waals surface area (Å²) in [5.41, 5.74) is 5.59. The number of fused-ring (bicyclic) bond motifs is 1. The topological polar surface area (TPSA) is 55.6 Å². The Bertz CT molecular complexity index is 1160. The minimum atomic E-state index is -0.312. The summed E-state index contributed by atoms with van der Waals surface area (Å²) in [5.74, 6) is 0.367. The normalized spacial score (nSPS) is 11.1. The number of amides is 1. The lowest BCUT2D eigenvalue weighted by Gasteiger charge is -2.08. The fourth-order valence-corrected chi connectivity index (χ4v) is 3.21. The second kappa shape index (κ2) is 8.44. The standard InChI is InChI=1S/C24H21N3O2/c1-18-14-19(16-27(18)21-10-3-2-4-11-21)15-25-26-24(28)17-29-23-13-7-9-20-8-5-6-12-22(20)23/h2-16H,17H2,1H3,(H,26,28)/b25-15+. The molecule has 1 aromatic heterocycles. The van der Waals surface area contributed by atoms with Gasteiger partial charge in [0.1, 0.15) is 5.75 Å². The molecule has 0 fully saturated rings. The highest BCUT2D eigenvalue weighted by atomic mass is 16.5. The van der Waals surface area contributed by atoms with Crippen LogP contribution >= 0.6 is 0 Å². The molecular formula is C24H21N3O2. The van der Waals surface area contributed by atoms with Crippen LogP contribution in [0.25, 0.3) is 16.5 Å². The van der Waals surface area contributed by atoms with E-state index in [2.05, 4.69) is 15.1 Å². The SMILES string of the molecule is Cc1cc(/C=N/NC(=O)COc2cccc3ccccc23)cn1-c1ccccc1. The Labute approximate surface area is 169 Å². The van der Waals surface area contributed by atoms with Gasteiger partial charge in [-0.15, -0.1) is 0 Å². The number of hydrazone groups is 1. The van der Waals surface area contributed by atoms with E-state index in [4.69, 9.17) is 4.74 Å². The molecule has 1 N–H and O–H groups in total. The van der Waals surface area contributed by atoms with Gasteiger partial charge in [-0.05, 0) is 36.6 Å². The zero-order valence-electron chi connectivity index (χ0n) is 16.1. The van der Waals surface area contributed by atoms with Crippen molar-refractivity contribution in [2.75, 3.05) is 6.61 Å².